The fourth-order valence-corrected chi connectivity index (χ4v) is 3.77. The first kappa shape index (κ1) is 18.2. The van der Waals surface area contributed by atoms with Gasteiger partial charge in [-0.1, -0.05) is 11.6 Å². The van der Waals surface area contributed by atoms with E-state index in [9.17, 15) is 9.50 Å². The van der Waals surface area contributed by atoms with Crippen molar-refractivity contribution in [2.45, 2.75) is 12.6 Å². The number of hydrogen-bond donors (Lipinski definition) is 1. The molecule has 0 saturated carbocycles. The van der Waals surface area contributed by atoms with Gasteiger partial charge in [0.1, 0.15) is 5.82 Å². The van der Waals surface area contributed by atoms with E-state index in [0.717, 1.165) is 42.9 Å². The number of aliphatic hydroxyl groups is 1. The van der Waals surface area contributed by atoms with Crippen molar-refractivity contribution in [2.75, 3.05) is 37.6 Å². The third-order valence-electron chi connectivity index (χ3n) is 5.02. The van der Waals surface area contributed by atoms with Crippen LogP contribution in [-0.2, 0) is 6.54 Å². The van der Waals surface area contributed by atoms with Crippen LogP contribution >= 0.6 is 11.6 Å². The molecular formula is C20H22ClFN4O. The Kier molecular flexibility index (Phi) is 5.29. The van der Waals surface area contributed by atoms with Crippen LogP contribution in [0.25, 0.3) is 11.0 Å². The molecular weight excluding hydrogens is 367 g/mol. The number of benzene rings is 2. The zero-order chi connectivity index (χ0) is 18.8. The number of piperazine rings is 1. The molecule has 0 radical (unpaired) electrons. The Morgan fingerprint density at radius 3 is 2.52 bits per heavy atom. The van der Waals surface area contributed by atoms with E-state index in [0.29, 0.717) is 18.1 Å². The monoisotopic (exact) mass is 388 g/mol. The van der Waals surface area contributed by atoms with Crippen molar-refractivity contribution in [3.63, 3.8) is 0 Å². The molecule has 1 aliphatic heterocycles. The molecule has 4 rings (SSSR count). The van der Waals surface area contributed by atoms with Crippen LogP contribution in [-0.4, -0.2) is 58.4 Å². The number of anilines is 1. The molecule has 1 aliphatic rings. The first-order valence-electron chi connectivity index (χ1n) is 9.10. The highest BCUT2D eigenvalue weighted by Crippen LogP contribution is 2.19. The van der Waals surface area contributed by atoms with Crippen LogP contribution in [0, 0.1) is 5.82 Å². The van der Waals surface area contributed by atoms with Gasteiger partial charge in [0.25, 0.3) is 0 Å². The van der Waals surface area contributed by atoms with Gasteiger partial charge in [0.2, 0.25) is 0 Å². The Morgan fingerprint density at radius 2 is 1.78 bits per heavy atom. The summed E-state index contributed by atoms with van der Waals surface area (Å²) in [5, 5.41) is 11.2. The summed E-state index contributed by atoms with van der Waals surface area (Å²) >= 11 is 6.00. The van der Waals surface area contributed by atoms with Crippen molar-refractivity contribution in [3.05, 3.63) is 59.6 Å². The molecule has 1 atom stereocenters. The van der Waals surface area contributed by atoms with Crippen molar-refractivity contribution in [1.29, 1.82) is 0 Å². The lowest BCUT2D eigenvalue weighted by molar-refractivity contribution is 0.0959. The predicted octanol–water partition coefficient (Wildman–Crippen LogP) is 3.01. The smallest absolute Gasteiger partial charge is 0.123 e. The van der Waals surface area contributed by atoms with Crippen LogP contribution in [0.2, 0.25) is 5.02 Å². The van der Waals surface area contributed by atoms with Crippen molar-refractivity contribution < 1.29 is 9.50 Å². The predicted molar refractivity (Wildman–Crippen MR) is 106 cm³/mol. The number of halogens is 2. The third-order valence-corrected chi connectivity index (χ3v) is 5.26. The number of fused-ring (bicyclic) bond motifs is 1. The molecule has 1 unspecified atom stereocenters. The van der Waals surface area contributed by atoms with E-state index < -0.39 is 6.10 Å². The van der Waals surface area contributed by atoms with Gasteiger partial charge in [-0.3, -0.25) is 4.90 Å². The number of rotatable bonds is 5. The molecule has 2 aromatic carbocycles. The Labute approximate surface area is 162 Å². The summed E-state index contributed by atoms with van der Waals surface area (Å²) in [6.07, 6.45) is 1.27. The summed E-state index contributed by atoms with van der Waals surface area (Å²) < 4.78 is 15.0. The van der Waals surface area contributed by atoms with Crippen LogP contribution < -0.4 is 4.90 Å². The molecule has 1 fully saturated rings. The van der Waals surface area contributed by atoms with Crippen LogP contribution in [0.4, 0.5) is 10.1 Å². The van der Waals surface area contributed by atoms with Gasteiger partial charge in [0.15, 0.2) is 0 Å². The highest BCUT2D eigenvalue weighted by atomic mass is 35.5. The Bertz CT molecular complexity index is 906. The van der Waals surface area contributed by atoms with E-state index in [-0.39, 0.29) is 5.82 Å². The largest absolute Gasteiger partial charge is 0.390 e. The molecule has 0 aliphatic carbocycles. The molecule has 0 amide bonds. The lowest BCUT2D eigenvalue weighted by atomic mass is 10.2. The van der Waals surface area contributed by atoms with E-state index in [1.165, 1.54) is 12.1 Å². The highest BCUT2D eigenvalue weighted by Gasteiger charge is 2.20. The maximum atomic E-state index is 13.1. The summed E-state index contributed by atoms with van der Waals surface area (Å²) in [7, 11) is 0. The number of hydrogen-bond acceptors (Lipinski definition) is 4. The number of aromatic nitrogens is 2. The molecule has 7 heteroatoms. The van der Waals surface area contributed by atoms with Gasteiger partial charge in [-0.15, -0.1) is 0 Å². The minimum Gasteiger partial charge on any atom is -0.390 e. The average Bonchev–Trinajstić information content (AvgIpc) is 3.05. The summed E-state index contributed by atoms with van der Waals surface area (Å²) in [6.45, 7) is 4.58. The Morgan fingerprint density at radius 1 is 1.04 bits per heavy atom. The number of imidazole rings is 1. The second-order valence-electron chi connectivity index (χ2n) is 6.95. The van der Waals surface area contributed by atoms with E-state index >= 15 is 0 Å². The second-order valence-corrected chi connectivity index (χ2v) is 7.38. The molecule has 1 saturated heterocycles. The summed E-state index contributed by atoms with van der Waals surface area (Å²) in [4.78, 5) is 8.86. The topological polar surface area (TPSA) is 44.5 Å². The molecule has 27 heavy (non-hydrogen) atoms. The molecule has 3 aromatic rings. The van der Waals surface area contributed by atoms with Crippen molar-refractivity contribution in [3.8, 4) is 0 Å². The Balaban J connectivity index is 1.31. The van der Waals surface area contributed by atoms with Gasteiger partial charge >= 0.3 is 0 Å². The third kappa shape index (κ3) is 4.24. The van der Waals surface area contributed by atoms with E-state index in [1.807, 2.05) is 34.9 Å². The van der Waals surface area contributed by atoms with Crippen molar-refractivity contribution in [2.24, 2.45) is 0 Å². The molecule has 0 bridgehead atoms. The van der Waals surface area contributed by atoms with Crippen LogP contribution in [0.1, 0.15) is 0 Å². The summed E-state index contributed by atoms with van der Waals surface area (Å²) in [6, 6.07) is 12.2. The van der Waals surface area contributed by atoms with Gasteiger partial charge in [0.05, 0.1) is 30.0 Å². The Hall–Kier alpha value is -2.15. The number of β-amino-alcohol motifs (C(OH)–C–C–N with tert-alkyl or cyclic N) is 1. The summed E-state index contributed by atoms with van der Waals surface area (Å²) in [5.41, 5.74) is 2.85. The molecule has 0 spiro atoms. The van der Waals surface area contributed by atoms with Crippen molar-refractivity contribution in [1.82, 2.24) is 14.5 Å². The minimum atomic E-state index is -0.476. The fourth-order valence-electron chi connectivity index (χ4n) is 3.61. The van der Waals surface area contributed by atoms with Gasteiger partial charge in [0, 0.05) is 43.4 Å². The summed E-state index contributed by atoms with van der Waals surface area (Å²) in [5.74, 6) is -0.213. The SMILES string of the molecule is OC(CN1CCN(c2ccc(F)cc2)CC1)Cn1cnc2cc(Cl)ccc21. The van der Waals surface area contributed by atoms with Gasteiger partial charge in [-0.25, -0.2) is 9.37 Å². The minimum absolute atomic E-state index is 0.213. The lowest BCUT2D eigenvalue weighted by Gasteiger charge is -2.37. The zero-order valence-corrected chi connectivity index (χ0v) is 15.7. The fraction of sp³-hybridized carbons (Fsp3) is 0.350. The molecule has 1 aromatic heterocycles. The average molecular weight is 389 g/mol. The zero-order valence-electron chi connectivity index (χ0n) is 14.9. The van der Waals surface area contributed by atoms with E-state index in [1.54, 1.807) is 6.33 Å². The van der Waals surface area contributed by atoms with Crippen LogP contribution in [0.15, 0.2) is 48.8 Å². The number of nitrogens with zero attached hydrogens (tertiary/aromatic N) is 4. The first-order chi connectivity index (χ1) is 13.1. The first-order valence-corrected chi connectivity index (χ1v) is 9.47. The number of aliphatic hydroxyl groups excluding tert-OH is 1. The van der Waals surface area contributed by atoms with Gasteiger partial charge < -0.3 is 14.6 Å². The van der Waals surface area contributed by atoms with Gasteiger partial charge in [-0.05, 0) is 42.5 Å². The molecule has 1 N–H and O–H groups in total. The highest BCUT2D eigenvalue weighted by molar-refractivity contribution is 6.31. The molecule has 5 nitrogen and oxygen atoms in total. The van der Waals surface area contributed by atoms with Crippen LogP contribution in [0.5, 0.6) is 0 Å². The lowest BCUT2D eigenvalue weighted by Crippen LogP contribution is -2.49. The van der Waals surface area contributed by atoms with Gasteiger partial charge in [-0.2, -0.15) is 0 Å². The molecule has 2 heterocycles. The second kappa shape index (κ2) is 7.84. The standard InChI is InChI=1S/C20H22ClFN4O/c21-15-1-6-20-19(11-15)23-14-26(20)13-18(27)12-24-7-9-25(10-8-24)17-4-2-16(22)3-5-17/h1-6,11,14,18,27H,7-10,12-13H2. The van der Waals surface area contributed by atoms with Crippen LogP contribution in [0.3, 0.4) is 0 Å². The van der Waals surface area contributed by atoms with E-state index in [2.05, 4.69) is 14.8 Å². The van der Waals surface area contributed by atoms with E-state index in [4.69, 9.17) is 11.6 Å². The maximum Gasteiger partial charge on any atom is 0.123 e. The molecule has 142 valence electrons. The van der Waals surface area contributed by atoms with Crippen molar-refractivity contribution >= 4 is 28.3 Å². The normalized spacial score (nSPS) is 16.8. The quantitative estimate of drug-likeness (QED) is 0.729. The maximum absolute atomic E-state index is 13.1.